The number of anilines is 1. The highest BCUT2D eigenvalue weighted by Crippen LogP contribution is 2.91. The van der Waals surface area contributed by atoms with Crippen molar-refractivity contribution in [3.8, 4) is 0 Å². The van der Waals surface area contributed by atoms with Gasteiger partial charge in [-0.2, -0.15) is 0 Å². The zero-order valence-electron chi connectivity index (χ0n) is 18.0. The predicted octanol–water partition coefficient (Wildman–Crippen LogP) is 2.62. The molecule has 0 bridgehead atoms. The maximum absolute atomic E-state index is 14.7. The molecule has 0 radical (unpaired) electrons. The number of halogens is 2. The summed E-state index contributed by atoms with van der Waals surface area (Å²) in [4.78, 5) is 37.8. The summed E-state index contributed by atoms with van der Waals surface area (Å²) < 4.78 is 29.4. The van der Waals surface area contributed by atoms with Gasteiger partial charge in [0.05, 0.1) is 17.4 Å². The first-order chi connectivity index (χ1) is 14.5. The van der Waals surface area contributed by atoms with Crippen LogP contribution in [0.1, 0.15) is 57.9 Å². The molecule has 2 aliphatic carbocycles. The molecule has 31 heavy (non-hydrogen) atoms. The number of carbonyl (C=O) groups excluding carboxylic acids is 3. The van der Waals surface area contributed by atoms with E-state index >= 15 is 0 Å². The molecule has 0 aromatic heterocycles. The van der Waals surface area contributed by atoms with Crippen molar-refractivity contribution in [1.29, 1.82) is 0 Å². The van der Waals surface area contributed by atoms with Crippen LogP contribution in [-0.4, -0.2) is 36.9 Å². The number of amides is 3. The van der Waals surface area contributed by atoms with Crippen molar-refractivity contribution < 1.29 is 23.2 Å². The highest BCUT2D eigenvalue weighted by Gasteiger charge is 2.89. The van der Waals surface area contributed by atoms with E-state index in [-0.39, 0.29) is 46.6 Å². The van der Waals surface area contributed by atoms with Crippen LogP contribution < -0.4 is 15.5 Å². The molecule has 3 amide bonds. The molecule has 2 saturated heterocycles. The average Bonchev–Trinajstić information content (AvgIpc) is 3.46. The Balaban J connectivity index is 1.21. The number of imide groups is 1. The van der Waals surface area contributed by atoms with Crippen LogP contribution in [0, 0.1) is 27.9 Å². The molecule has 5 rings (SSSR count). The molecule has 4 aliphatic rings. The Morgan fingerprint density at radius 2 is 1.77 bits per heavy atom. The highest BCUT2D eigenvalue weighted by molar-refractivity contribution is 6.01. The van der Waals surface area contributed by atoms with Crippen LogP contribution in [0.15, 0.2) is 12.1 Å². The molecule has 1 unspecified atom stereocenters. The van der Waals surface area contributed by atoms with Crippen LogP contribution >= 0.6 is 0 Å². The Bertz CT molecular complexity index is 981. The third-order valence-electron chi connectivity index (χ3n) is 7.98. The summed E-state index contributed by atoms with van der Waals surface area (Å²) in [6.45, 7) is 7.52. The van der Waals surface area contributed by atoms with Gasteiger partial charge in [0.25, 0.3) is 0 Å². The summed E-state index contributed by atoms with van der Waals surface area (Å²) >= 11 is 0. The third kappa shape index (κ3) is 2.90. The van der Waals surface area contributed by atoms with Gasteiger partial charge in [-0.3, -0.25) is 19.7 Å². The molecule has 0 spiro atoms. The predicted molar refractivity (Wildman–Crippen MR) is 109 cm³/mol. The van der Waals surface area contributed by atoms with Crippen molar-refractivity contribution in [3.63, 3.8) is 0 Å². The van der Waals surface area contributed by atoms with E-state index in [0.29, 0.717) is 18.8 Å². The van der Waals surface area contributed by atoms with Gasteiger partial charge in [0.1, 0.15) is 11.6 Å². The Hall–Kier alpha value is -2.51. The van der Waals surface area contributed by atoms with Crippen LogP contribution in [0.4, 0.5) is 14.5 Å². The van der Waals surface area contributed by atoms with E-state index < -0.39 is 29.4 Å². The summed E-state index contributed by atoms with van der Waals surface area (Å²) in [6.07, 6.45) is 2.05. The number of rotatable bonds is 4. The van der Waals surface area contributed by atoms with E-state index in [9.17, 15) is 23.2 Å². The first-order valence-electron chi connectivity index (χ1n) is 10.9. The van der Waals surface area contributed by atoms with Crippen LogP contribution in [-0.2, 0) is 14.4 Å². The van der Waals surface area contributed by atoms with Gasteiger partial charge in [-0.15, -0.1) is 0 Å². The quantitative estimate of drug-likeness (QED) is 0.719. The Labute approximate surface area is 179 Å². The minimum atomic E-state index is -1.01. The molecule has 2 N–H and O–H groups in total. The van der Waals surface area contributed by atoms with Gasteiger partial charge in [0.15, 0.2) is 0 Å². The zero-order valence-corrected chi connectivity index (χ0v) is 18.0. The van der Waals surface area contributed by atoms with Gasteiger partial charge in [0.2, 0.25) is 17.7 Å². The largest absolute Gasteiger partial charge is 0.367 e. The minimum absolute atomic E-state index is 0.0401. The van der Waals surface area contributed by atoms with Crippen molar-refractivity contribution in [3.05, 3.63) is 29.3 Å². The smallest absolute Gasteiger partial charge is 0.234 e. The van der Waals surface area contributed by atoms with Crippen molar-refractivity contribution in [2.24, 2.45) is 16.2 Å². The molecule has 4 fully saturated rings. The second-order valence-corrected chi connectivity index (χ2v) is 10.7. The Morgan fingerprint density at radius 1 is 1.16 bits per heavy atom. The minimum Gasteiger partial charge on any atom is -0.367 e. The molecule has 2 heterocycles. The second-order valence-electron chi connectivity index (χ2n) is 10.7. The zero-order chi connectivity index (χ0) is 22.3. The molecule has 1 aromatic rings. The van der Waals surface area contributed by atoms with Crippen LogP contribution in [0.25, 0.3) is 0 Å². The first-order valence-corrected chi connectivity index (χ1v) is 10.9. The van der Waals surface area contributed by atoms with Crippen molar-refractivity contribution in [1.82, 2.24) is 10.6 Å². The monoisotopic (exact) mass is 431 g/mol. The van der Waals surface area contributed by atoms with Gasteiger partial charge < -0.3 is 10.2 Å². The van der Waals surface area contributed by atoms with Crippen molar-refractivity contribution in [2.75, 3.05) is 18.0 Å². The lowest BCUT2D eigenvalue weighted by atomic mass is 9.83. The van der Waals surface area contributed by atoms with Crippen LogP contribution in [0.3, 0.4) is 0 Å². The van der Waals surface area contributed by atoms with Gasteiger partial charge in [-0.25, -0.2) is 8.78 Å². The van der Waals surface area contributed by atoms with Gasteiger partial charge >= 0.3 is 0 Å². The standard InChI is InChI=1S/C23H27F2N3O3/c1-21(2,3)23-10-22(23,11-23)20(31)26-12-8-28(9-12)13-6-15(24)18(16(25)7-13)14-4-5-17(29)27-19(14)30/h6-7,12,14H,4-5,8-11H2,1-3H3,(H,26,31)(H,27,29,30). The number of nitrogens with one attached hydrogen (secondary N) is 2. The lowest BCUT2D eigenvalue weighted by Crippen LogP contribution is -2.60. The molecule has 8 heteroatoms. The van der Waals surface area contributed by atoms with E-state index in [0.717, 1.165) is 12.8 Å². The number of nitrogens with zero attached hydrogens (tertiary/aromatic N) is 1. The number of fused-ring (bicyclic) bond motifs is 1. The summed E-state index contributed by atoms with van der Waals surface area (Å²) in [5.74, 6) is -3.57. The van der Waals surface area contributed by atoms with Gasteiger partial charge in [-0.1, -0.05) is 20.8 Å². The molecule has 1 aromatic carbocycles. The molecular weight excluding hydrogens is 404 g/mol. The number of hydrogen-bond donors (Lipinski definition) is 2. The summed E-state index contributed by atoms with van der Waals surface area (Å²) in [5, 5.41) is 5.24. The first kappa shape index (κ1) is 20.4. The fourth-order valence-electron chi connectivity index (χ4n) is 5.68. The number of piperidine rings is 1. The Morgan fingerprint density at radius 3 is 2.29 bits per heavy atom. The SMILES string of the molecule is CC(C)(C)C12CC1(C(=O)NC1CN(c3cc(F)c(C4CCC(=O)NC4=O)c(F)c3)C1)C2. The molecule has 6 nitrogen and oxygen atoms in total. The normalized spacial score (nSPS) is 32.2. The topological polar surface area (TPSA) is 78.5 Å². The second kappa shape index (κ2) is 6.26. The van der Waals surface area contributed by atoms with Crippen molar-refractivity contribution >= 4 is 23.4 Å². The van der Waals surface area contributed by atoms with Gasteiger partial charge in [0, 0.05) is 30.8 Å². The highest BCUT2D eigenvalue weighted by atomic mass is 19.1. The van der Waals surface area contributed by atoms with Gasteiger partial charge in [-0.05, 0) is 42.2 Å². The van der Waals surface area contributed by atoms with E-state index in [1.54, 1.807) is 4.90 Å². The lowest BCUT2D eigenvalue weighted by molar-refractivity contribution is -0.134. The van der Waals surface area contributed by atoms with Crippen LogP contribution in [0.2, 0.25) is 0 Å². The number of hydrogen-bond acceptors (Lipinski definition) is 4. The number of carbonyl (C=O) groups is 3. The van der Waals surface area contributed by atoms with E-state index in [2.05, 4.69) is 31.4 Å². The molecule has 166 valence electrons. The summed E-state index contributed by atoms with van der Waals surface area (Å²) in [6, 6.07) is 2.41. The van der Waals surface area contributed by atoms with E-state index in [1.165, 1.54) is 12.1 Å². The fourth-order valence-corrected chi connectivity index (χ4v) is 5.68. The maximum atomic E-state index is 14.7. The third-order valence-corrected chi connectivity index (χ3v) is 7.98. The molecule has 2 saturated carbocycles. The van der Waals surface area contributed by atoms with Crippen molar-refractivity contribution in [2.45, 2.75) is 58.4 Å². The summed E-state index contributed by atoms with van der Waals surface area (Å²) in [7, 11) is 0. The molecule has 2 aliphatic heterocycles. The molecule has 1 atom stereocenters. The number of benzene rings is 1. The average molecular weight is 431 g/mol. The molecular formula is C23H27F2N3O3. The van der Waals surface area contributed by atoms with E-state index in [1.807, 2.05) is 0 Å². The van der Waals surface area contributed by atoms with E-state index in [4.69, 9.17) is 0 Å². The fraction of sp³-hybridized carbons (Fsp3) is 0.609. The maximum Gasteiger partial charge on any atom is 0.234 e. The lowest BCUT2D eigenvalue weighted by Gasteiger charge is -2.41. The summed E-state index contributed by atoms with van der Waals surface area (Å²) in [5.41, 5.74) is 0.157. The van der Waals surface area contributed by atoms with Crippen LogP contribution in [0.5, 0.6) is 0 Å². The Kier molecular flexibility index (Phi) is 4.12.